The van der Waals surface area contributed by atoms with Gasteiger partial charge < -0.3 is 25.6 Å². The number of morpholine rings is 1. The summed E-state index contributed by atoms with van der Waals surface area (Å²) in [5, 5.41) is 27.6. The zero-order valence-corrected chi connectivity index (χ0v) is 29.9. The molecule has 1 aliphatic heterocycles. The van der Waals surface area contributed by atoms with Gasteiger partial charge in [-0.2, -0.15) is 0 Å². The highest BCUT2D eigenvalue weighted by Crippen LogP contribution is 2.29. The molecule has 1 aromatic carbocycles. The Kier molecular flexibility index (Phi) is 16.8. The fourth-order valence-electron chi connectivity index (χ4n) is 6.61. The Morgan fingerprint density at radius 2 is 1.73 bits per heavy atom. The second-order valence-corrected chi connectivity index (χ2v) is 16.1. The third kappa shape index (κ3) is 13.4. The quantitative estimate of drug-likeness (QED) is 0.162. The highest BCUT2D eigenvalue weighted by Gasteiger charge is 2.35. The van der Waals surface area contributed by atoms with Crippen molar-refractivity contribution in [1.29, 1.82) is 0 Å². The lowest BCUT2D eigenvalue weighted by Gasteiger charge is -2.33. The van der Waals surface area contributed by atoms with E-state index in [4.69, 9.17) is 11.2 Å². The number of aliphatic hydroxyl groups excluding tert-OH is 2. The van der Waals surface area contributed by atoms with E-state index < -0.39 is 57.8 Å². The Morgan fingerprint density at radius 3 is 2.35 bits per heavy atom. The van der Waals surface area contributed by atoms with Crippen molar-refractivity contribution >= 4 is 21.8 Å². The van der Waals surface area contributed by atoms with Crippen LogP contribution in [0.2, 0.25) is 0 Å². The van der Waals surface area contributed by atoms with Crippen molar-refractivity contribution in [3.05, 3.63) is 35.9 Å². The predicted octanol–water partition coefficient (Wildman–Crippen LogP) is 2.17. The molecular weight excluding hydrogens is 632 g/mol. The lowest BCUT2D eigenvalue weighted by Crippen LogP contribution is -2.56. The van der Waals surface area contributed by atoms with Crippen LogP contribution in [0.25, 0.3) is 0 Å². The molecule has 5 atom stereocenters. The van der Waals surface area contributed by atoms with Crippen molar-refractivity contribution in [1.82, 2.24) is 19.8 Å². The molecule has 1 saturated heterocycles. The van der Waals surface area contributed by atoms with Gasteiger partial charge in [-0.05, 0) is 36.7 Å². The number of carbonyl (C=O) groups is 2. The van der Waals surface area contributed by atoms with Gasteiger partial charge in [-0.25, -0.2) is 12.7 Å². The van der Waals surface area contributed by atoms with E-state index in [0.29, 0.717) is 38.5 Å². The maximum atomic E-state index is 13.9. The minimum absolute atomic E-state index is 0.122. The second-order valence-electron chi connectivity index (χ2n) is 14.0. The fraction of sp³-hybridized carbons (Fsp3) is 0.722. The van der Waals surface area contributed by atoms with Gasteiger partial charge >= 0.3 is 0 Å². The van der Waals surface area contributed by atoms with E-state index in [1.165, 1.54) is 11.4 Å². The highest BCUT2D eigenvalue weighted by atomic mass is 32.2. The summed E-state index contributed by atoms with van der Waals surface area (Å²) in [5.41, 5.74) is 0.788. The van der Waals surface area contributed by atoms with Gasteiger partial charge in [0.2, 0.25) is 21.8 Å². The lowest BCUT2D eigenvalue weighted by atomic mass is 9.82. The molecule has 0 radical (unpaired) electrons. The highest BCUT2D eigenvalue weighted by molar-refractivity contribution is 7.89. The first-order chi connectivity index (χ1) is 22.9. The first kappa shape index (κ1) is 39.9. The van der Waals surface area contributed by atoms with Crippen molar-refractivity contribution in [2.24, 2.45) is 17.8 Å². The van der Waals surface area contributed by atoms with Crippen LogP contribution in [0.15, 0.2) is 30.3 Å². The van der Waals surface area contributed by atoms with Crippen LogP contribution in [-0.4, -0.2) is 116 Å². The molecule has 0 aromatic heterocycles. The summed E-state index contributed by atoms with van der Waals surface area (Å²) in [4.78, 5) is 29.7. The smallest absolute Gasteiger partial charge is 0.243 e. The number of nitrogens with zero attached hydrogens (tertiary/aromatic N) is 2. The minimum Gasteiger partial charge on any atom is -0.390 e. The van der Waals surface area contributed by atoms with E-state index in [9.17, 15) is 28.2 Å². The number of hydrogen-bond donors (Lipinski definition) is 4. The van der Waals surface area contributed by atoms with Crippen LogP contribution in [0.4, 0.5) is 0 Å². The molecule has 1 heterocycles. The van der Waals surface area contributed by atoms with Gasteiger partial charge in [0.05, 0.1) is 37.0 Å². The largest absolute Gasteiger partial charge is 0.390 e. The normalized spacial score (nSPS) is 19.6. The molecule has 4 N–H and O–H groups in total. The first-order valence-corrected chi connectivity index (χ1v) is 19.2. The number of likely N-dealkylation sites (N-methyl/N-ethyl adjacent to an activating group) is 1. The maximum absolute atomic E-state index is 13.9. The SMILES string of the molecule is C#CC[C@H](NC(=O)C(Cc1ccccc1)CS(=O)(=O)N(C)CCN1CCOCC1)C(=O)NC(CC1CCCCC1)[C@@H](O)[C@@H](O)CC(C)C. The standard InChI is InChI=1S/C36H58N4O7S/c1-5-12-31(36(44)38-32(25-29-15-10-7-11-16-29)34(42)33(41)23-27(2)3)37-35(43)30(24-28-13-8-6-9-14-28)26-48(45,46)39(4)17-18-40-19-21-47-22-20-40/h1,6,8-9,13-14,27,29-34,41-42H,7,10-12,15-26H2,2-4H3,(H,37,43)(H,38,44)/t30?,31-,32?,33-,34+/m0/s1. The third-order valence-corrected chi connectivity index (χ3v) is 11.5. The molecule has 1 aliphatic carbocycles. The van der Waals surface area contributed by atoms with Crippen LogP contribution in [0.1, 0.15) is 70.8 Å². The zero-order valence-electron chi connectivity index (χ0n) is 29.1. The summed E-state index contributed by atoms with van der Waals surface area (Å²) in [6.07, 6.45) is 9.62. The molecule has 270 valence electrons. The van der Waals surface area contributed by atoms with Gasteiger partial charge in [0.1, 0.15) is 12.1 Å². The molecule has 1 saturated carbocycles. The number of aliphatic hydroxyl groups is 2. The summed E-state index contributed by atoms with van der Waals surface area (Å²) in [6.45, 7) is 7.44. The molecule has 2 unspecified atom stereocenters. The molecule has 1 aromatic rings. The minimum atomic E-state index is -3.85. The molecule has 3 rings (SSSR count). The predicted molar refractivity (Wildman–Crippen MR) is 187 cm³/mol. The van der Waals surface area contributed by atoms with Gasteiger partial charge in [0.25, 0.3) is 0 Å². The topological polar surface area (TPSA) is 149 Å². The molecule has 2 aliphatic rings. The third-order valence-electron chi connectivity index (χ3n) is 9.53. The molecule has 0 bridgehead atoms. The number of rotatable bonds is 19. The van der Waals surface area contributed by atoms with Gasteiger partial charge in [0, 0.05) is 39.6 Å². The van der Waals surface area contributed by atoms with E-state index >= 15 is 0 Å². The van der Waals surface area contributed by atoms with Gasteiger partial charge in [-0.3, -0.25) is 14.5 Å². The van der Waals surface area contributed by atoms with Crippen molar-refractivity contribution in [3.63, 3.8) is 0 Å². The average molecular weight is 691 g/mol. The maximum Gasteiger partial charge on any atom is 0.243 e. The van der Waals surface area contributed by atoms with E-state index in [1.807, 2.05) is 44.2 Å². The van der Waals surface area contributed by atoms with Crippen molar-refractivity contribution < 1.29 is 33.0 Å². The Labute approximate surface area is 288 Å². The van der Waals surface area contributed by atoms with Crippen molar-refractivity contribution in [2.45, 2.75) is 95.9 Å². The number of amides is 2. The molecule has 11 nitrogen and oxygen atoms in total. The summed E-state index contributed by atoms with van der Waals surface area (Å²) in [6, 6.07) is 7.29. The number of carbonyl (C=O) groups excluding carboxylic acids is 2. The number of hydrogen-bond acceptors (Lipinski definition) is 8. The Morgan fingerprint density at radius 1 is 1.06 bits per heavy atom. The molecule has 2 amide bonds. The monoisotopic (exact) mass is 690 g/mol. The number of nitrogens with one attached hydrogen (secondary N) is 2. The van der Waals surface area contributed by atoms with Crippen LogP contribution in [0, 0.1) is 30.1 Å². The van der Waals surface area contributed by atoms with Crippen LogP contribution >= 0.6 is 0 Å². The number of ether oxygens (including phenoxy) is 1. The Bertz CT molecular complexity index is 1260. The fourth-order valence-corrected chi connectivity index (χ4v) is 8.00. The van der Waals surface area contributed by atoms with Crippen LogP contribution in [0.5, 0.6) is 0 Å². The lowest BCUT2D eigenvalue weighted by molar-refractivity contribution is -0.132. The zero-order chi connectivity index (χ0) is 35.1. The number of sulfonamides is 1. The summed E-state index contributed by atoms with van der Waals surface area (Å²) in [5.74, 6) is 0.307. The van der Waals surface area contributed by atoms with Gasteiger partial charge in [-0.1, -0.05) is 76.3 Å². The average Bonchev–Trinajstić information content (AvgIpc) is 3.07. The number of terminal acetylenes is 1. The molecule has 12 heteroatoms. The summed E-state index contributed by atoms with van der Waals surface area (Å²) < 4.78 is 33.8. The molecule has 48 heavy (non-hydrogen) atoms. The van der Waals surface area contributed by atoms with Gasteiger partial charge in [-0.15, -0.1) is 12.3 Å². The Hall–Kier alpha value is -2.53. The first-order valence-electron chi connectivity index (χ1n) is 17.6. The van der Waals surface area contributed by atoms with E-state index in [1.54, 1.807) is 0 Å². The summed E-state index contributed by atoms with van der Waals surface area (Å²) in [7, 11) is -2.33. The molecule has 2 fully saturated rings. The summed E-state index contributed by atoms with van der Waals surface area (Å²) >= 11 is 0. The number of benzene rings is 1. The van der Waals surface area contributed by atoms with Crippen LogP contribution in [0.3, 0.4) is 0 Å². The second kappa shape index (κ2) is 20.2. The van der Waals surface area contributed by atoms with Crippen molar-refractivity contribution in [2.75, 3.05) is 52.2 Å². The van der Waals surface area contributed by atoms with E-state index in [2.05, 4.69) is 21.5 Å². The van der Waals surface area contributed by atoms with E-state index in [0.717, 1.165) is 50.8 Å². The molecule has 0 spiro atoms. The van der Waals surface area contributed by atoms with Crippen LogP contribution < -0.4 is 10.6 Å². The van der Waals surface area contributed by atoms with E-state index in [-0.39, 0.29) is 25.3 Å². The van der Waals surface area contributed by atoms with Gasteiger partial charge in [0.15, 0.2) is 0 Å². The van der Waals surface area contributed by atoms with Crippen molar-refractivity contribution in [3.8, 4) is 12.3 Å². The molecular formula is C36H58N4O7S. The van der Waals surface area contributed by atoms with Crippen LogP contribution in [-0.2, 0) is 30.8 Å². The Balaban J connectivity index is 1.75.